The Hall–Kier alpha value is -13.7. The average molecular weight is 1690 g/mol. The Morgan fingerprint density at radius 2 is 0.419 bits per heavy atom. The summed E-state index contributed by atoms with van der Waals surface area (Å²) in [4.78, 5) is 6.91. The molecule has 0 saturated carbocycles. The van der Waals surface area contributed by atoms with Crippen LogP contribution in [0.4, 0.5) is 51.2 Å². The van der Waals surface area contributed by atoms with Crippen LogP contribution in [0.1, 0.15) is 83.1 Å². The van der Waals surface area contributed by atoms with Gasteiger partial charge in [0.25, 0.3) is 0 Å². The Morgan fingerprint density at radius 1 is 0.178 bits per heavy atom. The van der Waals surface area contributed by atoms with Crippen molar-refractivity contribution < 1.29 is 41.2 Å². The van der Waals surface area contributed by atoms with E-state index in [1.165, 1.54) is 11.1 Å². The standard InChI is InChI=1S/C42H36BNO3.2C36H32BNO3/c1-41(2)42(3,4)47-43(46-41)32-23-19-31(20-24-32)37-27-35(28-38-36-17-11-12-18-39(36)45-40(37)38)44(33-15-9-6-10-16-33)34-25-21-30(22-26-34)29-13-7-5-8-14-29;1-35(2)36(3,4)41-37(40-35)26-15-13-14-25(22-26)31-23-29(24-32-30-20-11-12-21-33(30)39-34(31)32)38(27-16-7-5-8-17-27)28-18-9-6-10-19-28;1-35(2)36(3,4)41-37(40-35)26-21-19-25(20-22-26)31-23-29(24-32-30-17-11-12-18-33(30)39-34(31)32)38(27-13-7-5-8-14-27)28-15-9-6-10-16-28/h5-28H,1-4H3;2*5-24H,1-4H3. The Balaban J connectivity index is 0.000000122. The fourth-order valence-corrected chi connectivity index (χ4v) is 17.6. The number of anilines is 9. The summed E-state index contributed by atoms with van der Waals surface area (Å²) < 4.78 is 57.7. The molecule has 19 aromatic rings. The molecule has 3 aliphatic heterocycles. The molecule has 0 bridgehead atoms. The van der Waals surface area contributed by atoms with Crippen molar-refractivity contribution >= 4 is 155 Å². The van der Waals surface area contributed by atoms with Gasteiger partial charge >= 0.3 is 21.4 Å². The van der Waals surface area contributed by atoms with Gasteiger partial charge in [0.2, 0.25) is 0 Å². The van der Waals surface area contributed by atoms with E-state index in [2.05, 4.69) is 419 Å². The van der Waals surface area contributed by atoms with Gasteiger partial charge in [0.05, 0.1) is 33.6 Å². The molecule has 12 nitrogen and oxygen atoms in total. The van der Waals surface area contributed by atoms with Gasteiger partial charge in [0, 0.05) is 100 Å². The molecule has 3 fully saturated rings. The van der Waals surface area contributed by atoms with Crippen molar-refractivity contribution in [3.05, 3.63) is 388 Å². The lowest BCUT2D eigenvalue weighted by atomic mass is 9.78. The van der Waals surface area contributed by atoms with Crippen LogP contribution >= 0.6 is 0 Å². The van der Waals surface area contributed by atoms with Gasteiger partial charge in [-0.2, -0.15) is 0 Å². The van der Waals surface area contributed by atoms with E-state index < -0.39 is 43.8 Å². The van der Waals surface area contributed by atoms with Gasteiger partial charge in [-0.05, 0) is 255 Å². The first-order chi connectivity index (χ1) is 62.4. The summed E-state index contributed by atoms with van der Waals surface area (Å²) in [5, 5.41) is 6.51. The summed E-state index contributed by atoms with van der Waals surface area (Å²) in [6.07, 6.45) is 0. The molecular weight excluding hydrogens is 1590 g/mol. The summed E-state index contributed by atoms with van der Waals surface area (Å²) >= 11 is 0. The molecule has 22 rings (SSSR count). The monoisotopic (exact) mass is 1690 g/mol. The molecule has 0 spiro atoms. The number of hydrogen-bond acceptors (Lipinski definition) is 12. The minimum atomic E-state index is -0.445. The van der Waals surface area contributed by atoms with Crippen LogP contribution < -0.4 is 31.1 Å². The molecule has 16 aromatic carbocycles. The predicted molar refractivity (Wildman–Crippen MR) is 534 cm³/mol. The van der Waals surface area contributed by atoms with Gasteiger partial charge in [-0.3, -0.25) is 0 Å². The van der Waals surface area contributed by atoms with E-state index >= 15 is 0 Å². The van der Waals surface area contributed by atoms with Gasteiger partial charge in [0.1, 0.15) is 33.5 Å². The highest BCUT2D eigenvalue weighted by atomic mass is 16.7. The molecule has 3 saturated heterocycles. The Morgan fingerprint density at radius 3 is 0.729 bits per heavy atom. The lowest BCUT2D eigenvalue weighted by Gasteiger charge is -2.32. The fourth-order valence-electron chi connectivity index (χ4n) is 17.6. The quantitative estimate of drug-likeness (QED) is 0.0860. The van der Waals surface area contributed by atoms with Crippen molar-refractivity contribution in [2.24, 2.45) is 0 Å². The van der Waals surface area contributed by atoms with E-state index in [4.69, 9.17) is 41.2 Å². The summed E-state index contributed by atoms with van der Waals surface area (Å²) in [5.74, 6) is 0. The first kappa shape index (κ1) is 83.5. The SMILES string of the molecule is CC1(C)OB(c2ccc(-c3cc(N(c4ccccc4)c4ccc(-c5ccccc5)cc4)cc4c3oc3ccccc34)cc2)OC1(C)C.CC1(C)OB(c2ccc(-c3cc(N(c4ccccc4)c4ccccc4)cc4c3oc3ccccc34)cc2)OC1(C)C.CC1(C)OB(c2cccc(-c3cc(N(c4ccccc4)c4ccccc4)cc4c3oc3ccccc34)c2)OC1(C)C. The maximum absolute atomic E-state index is 6.57. The molecule has 3 aliphatic rings. The van der Waals surface area contributed by atoms with Crippen LogP contribution in [0, 0.1) is 0 Å². The summed E-state index contributed by atoms with van der Waals surface area (Å²) in [6.45, 7) is 25.0. The van der Waals surface area contributed by atoms with E-state index in [9.17, 15) is 0 Å². The maximum Gasteiger partial charge on any atom is 0.494 e. The van der Waals surface area contributed by atoms with Crippen LogP contribution in [-0.2, 0) is 27.9 Å². The number of fused-ring (bicyclic) bond motifs is 9. The fraction of sp³-hybridized carbons (Fsp3) is 0.158. The molecule has 0 aliphatic carbocycles. The van der Waals surface area contributed by atoms with Crippen LogP contribution in [0.2, 0.25) is 0 Å². The zero-order chi connectivity index (χ0) is 88.6. The topological polar surface area (TPSA) is 105 Å². The van der Waals surface area contributed by atoms with Crippen molar-refractivity contribution in [1.82, 2.24) is 0 Å². The Kier molecular flexibility index (Phi) is 21.7. The third kappa shape index (κ3) is 16.0. The second-order valence-electron chi connectivity index (χ2n) is 36.6. The second-order valence-corrected chi connectivity index (χ2v) is 36.6. The van der Waals surface area contributed by atoms with E-state index in [0.717, 1.165) is 167 Å². The van der Waals surface area contributed by atoms with E-state index in [1.54, 1.807) is 0 Å². The normalized spacial score (nSPS) is 15.7. The minimum absolute atomic E-state index is 0.385. The van der Waals surface area contributed by atoms with Crippen molar-refractivity contribution in [1.29, 1.82) is 0 Å². The summed E-state index contributed by atoms with van der Waals surface area (Å²) in [7, 11) is -1.27. The molecule has 634 valence electrons. The molecular formula is C114H100B3N3O9. The van der Waals surface area contributed by atoms with Crippen molar-refractivity contribution in [3.63, 3.8) is 0 Å². The van der Waals surface area contributed by atoms with Crippen LogP contribution in [0.15, 0.2) is 401 Å². The smallest absolute Gasteiger partial charge is 0.455 e. The second kappa shape index (κ2) is 33.5. The molecule has 0 unspecified atom stereocenters. The van der Waals surface area contributed by atoms with Crippen LogP contribution in [0.25, 0.3) is 110 Å². The molecule has 0 radical (unpaired) electrons. The first-order valence-corrected chi connectivity index (χ1v) is 44.4. The first-order valence-electron chi connectivity index (χ1n) is 44.4. The van der Waals surface area contributed by atoms with Gasteiger partial charge in [-0.25, -0.2) is 0 Å². The number of nitrogens with zero attached hydrogens (tertiary/aromatic N) is 3. The maximum atomic E-state index is 6.57. The zero-order valence-electron chi connectivity index (χ0n) is 74.7. The summed E-state index contributed by atoms with van der Waals surface area (Å²) in [6, 6.07) is 135. The van der Waals surface area contributed by atoms with Crippen LogP contribution in [0.5, 0.6) is 0 Å². The van der Waals surface area contributed by atoms with Crippen molar-refractivity contribution in [3.8, 4) is 44.5 Å². The molecule has 0 N–H and O–H groups in total. The molecule has 6 heterocycles. The van der Waals surface area contributed by atoms with E-state index in [-0.39, 0.29) is 11.2 Å². The van der Waals surface area contributed by atoms with Gasteiger partial charge in [0.15, 0.2) is 0 Å². The van der Waals surface area contributed by atoms with Crippen molar-refractivity contribution in [2.45, 2.75) is 117 Å². The molecule has 3 aromatic heterocycles. The van der Waals surface area contributed by atoms with E-state index in [0.29, 0.717) is 0 Å². The number of hydrogen-bond donors (Lipinski definition) is 0. The highest BCUT2D eigenvalue weighted by Gasteiger charge is 2.54. The van der Waals surface area contributed by atoms with Crippen molar-refractivity contribution in [2.75, 3.05) is 14.7 Å². The number of rotatable bonds is 16. The van der Waals surface area contributed by atoms with Gasteiger partial charge in [-0.1, -0.05) is 261 Å². The molecule has 0 atom stereocenters. The molecule has 15 heteroatoms. The van der Waals surface area contributed by atoms with Crippen LogP contribution in [0.3, 0.4) is 0 Å². The lowest BCUT2D eigenvalue weighted by Crippen LogP contribution is -2.41. The largest absolute Gasteiger partial charge is 0.494 e. The Labute approximate surface area is 755 Å². The highest BCUT2D eigenvalue weighted by Crippen LogP contribution is 2.50. The highest BCUT2D eigenvalue weighted by molar-refractivity contribution is 6.63. The van der Waals surface area contributed by atoms with Gasteiger partial charge < -0.3 is 55.9 Å². The number of para-hydroxylation sites is 8. The minimum Gasteiger partial charge on any atom is -0.455 e. The summed E-state index contributed by atoms with van der Waals surface area (Å²) in [5.41, 5.74) is 24.1. The predicted octanol–water partition coefficient (Wildman–Crippen LogP) is 28.7. The average Bonchev–Trinajstić information content (AvgIpc) is 1.61. The van der Waals surface area contributed by atoms with E-state index in [1.807, 2.05) is 66.7 Å². The zero-order valence-corrected chi connectivity index (χ0v) is 74.7. The number of benzene rings is 16. The third-order valence-corrected chi connectivity index (χ3v) is 26.7. The third-order valence-electron chi connectivity index (χ3n) is 26.7. The Bertz CT molecular complexity index is 7140. The molecule has 129 heavy (non-hydrogen) atoms. The molecule has 0 amide bonds. The number of furan rings is 3. The van der Waals surface area contributed by atoms with Gasteiger partial charge in [-0.15, -0.1) is 0 Å². The van der Waals surface area contributed by atoms with Crippen LogP contribution in [-0.4, -0.2) is 55.0 Å². The lowest BCUT2D eigenvalue weighted by molar-refractivity contribution is 0.00578.